The molecular weight excluding hydrogens is 573 g/mol. The van der Waals surface area contributed by atoms with Gasteiger partial charge in [-0.05, 0) is 63.4 Å². The van der Waals surface area contributed by atoms with Gasteiger partial charge in [-0.1, -0.05) is 6.07 Å². The second kappa shape index (κ2) is 11.6. The summed E-state index contributed by atoms with van der Waals surface area (Å²) in [6.07, 6.45) is -4.99. The number of nitrogens with zero attached hydrogens (tertiary/aromatic N) is 4. The Hall–Kier alpha value is -3.59. The summed E-state index contributed by atoms with van der Waals surface area (Å²) in [5.41, 5.74) is 4.04. The number of nitrogens with one attached hydrogen (secondary N) is 2. The van der Waals surface area contributed by atoms with Crippen LogP contribution in [0.15, 0.2) is 30.5 Å². The minimum absolute atomic E-state index is 0.243. The lowest BCUT2D eigenvalue weighted by molar-refractivity contribution is -0.274. The largest absolute Gasteiger partial charge is 0.573 e. The quantitative estimate of drug-likeness (QED) is 0.193. The molecule has 1 fully saturated rings. The zero-order chi connectivity index (χ0) is 30.3. The molecule has 1 aliphatic carbocycles. The maximum atomic E-state index is 12.7. The van der Waals surface area contributed by atoms with Crippen molar-refractivity contribution in [2.75, 3.05) is 17.2 Å². The first-order valence-corrected chi connectivity index (χ1v) is 14.1. The van der Waals surface area contributed by atoms with Gasteiger partial charge in [0.2, 0.25) is 5.95 Å². The van der Waals surface area contributed by atoms with Gasteiger partial charge in [-0.3, -0.25) is 4.98 Å². The van der Waals surface area contributed by atoms with Crippen LogP contribution >= 0.6 is 11.3 Å². The van der Waals surface area contributed by atoms with Gasteiger partial charge in [0.1, 0.15) is 28.2 Å². The van der Waals surface area contributed by atoms with Gasteiger partial charge >= 0.3 is 6.36 Å². The van der Waals surface area contributed by atoms with Crippen molar-refractivity contribution in [3.63, 3.8) is 0 Å². The first kappa shape index (κ1) is 29.9. The Labute approximate surface area is 243 Å². The van der Waals surface area contributed by atoms with E-state index in [1.165, 1.54) is 23.5 Å². The number of alkyl halides is 3. The Bertz CT molecular complexity index is 1600. The number of anilines is 2. The van der Waals surface area contributed by atoms with Crippen molar-refractivity contribution in [1.29, 1.82) is 0 Å². The molecule has 0 bridgehead atoms. The van der Waals surface area contributed by atoms with E-state index in [4.69, 9.17) is 9.97 Å². The average Bonchev–Trinajstić information content (AvgIpc) is 3.45. The Morgan fingerprint density at radius 1 is 1.07 bits per heavy atom. The predicted molar refractivity (Wildman–Crippen MR) is 152 cm³/mol. The number of halogens is 3. The zero-order valence-electron chi connectivity index (χ0n) is 23.3. The number of aliphatic hydroxyl groups excluding tert-OH is 3. The molecule has 42 heavy (non-hydrogen) atoms. The second-order valence-electron chi connectivity index (χ2n) is 10.5. The van der Waals surface area contributed by atoms with E-state index < -0.39 is 36.6 Å². The molecule has 14 heteroatoms. The van der Waals surface area contributed by atoms with Crippen molar-refractivity contribution < 1.29 is 33.2 Å². The molecule has 5 atom stereocenters. The fourth-order valence-corrected chi connectivity index (χ4v) is 6.42. The summed E-state index contributed by atoms with van der Waals surface area (Å²) in [6, 6.07) is 5.01. The Morgan fingerprint density at radius 2 is 1.83 bits per heavy atom. The number of aryl methyl sites for hydroxylation is 3. The molecule has 1 aromatic carbocycles. The molecule has 3 heterocycles. The number of aliphatic hydroxyl groups is 3. The van der Waals surface area contributed by atoms with Gasteiger partial charge in [0.15, 0.2) is 0 Å². The average molecular weight is 605 g/mol. The molecule has 0 radical (unpaired) electrons. The first-order chi connectivity index (χ1) is 19.8. The summed E-state index contributed by atoms with van der Waals surface area (Å²) in [5, 5.41) is 37.9. The van der Waals surface area contributed by atoms with Crippen molar-refractivity contribution in [2.45, 2.75) is 64.8 Å². The van der Waals surface area contributed by atoms with E-state index in [0.717, 1.165) is 21.5 Å². The monoisotopic (exact) mass is 604 g/mol. The van der Waals surface area contributed by atoms with Crippen LogP contribution in [0.2, 0.25) is 0 Å². The smallest absolute Gasteiger partial charge is 0.406 e. The third-order valence-electron chi connectivity index (χ3n) is 7.44. The molecule has 0 saturated heterocycles. The standard InChI is InChI=1S/C28H31F3N6O4S/c1-12-9-17(41-28(29,30)31)5-6-18(12)13(2)33-27-34-14(3)21(26-36-22-15(4)32-8-7-20(22)42-26)25(37-27)35-19-10-16(11-38)23(39)24(19)40/h5-9,13,16,19,23-24,38-40H,10-11H2,1-4H3,(H2,33,34,35,37)/t13-,16+,19+,23+,24-/m0/s1. The van der Waals surface area contributed by atoms with Crippen LogP contribution in [0, 0.1) is 26.7 Å². The van der Waals surface area contributed by atoms with E-state index in [1.54, 1.807) is 26.1 Å². The summed E-state index contributed by atoms with van der Waals surface area (Å²) in [5.74, 6) is -0.182. The van der Waals surface area contributed by atoms with E-state index in [1.807, 2.05) is 19.9 Å². The van der Waals surface area contributed by atoms with Gasteiger partial charge in [-0.2, -0.15) is 4.98 Å². The van der Waals surface area contributed by atoms with Gasteiger partial charge in [-0.15, -0.1) is 24.5 Å². The molecule has 4 aromatic rings. The molecule has 0 spiro atoms. The number of pyridine rings is 1. The third-order valence-corrected chi connectivity index (χ3v) is 8.48. The van der Waals surface area contributed by atoms with Gasteiger partial charge in [0.25, 0.3) is 0 Å². The lowest BCUT2D eigenvalue weighted by atomic mass is 10.0. The SMILES string of the molecule is Cc1cc(OC(F)(F)F)ccc1[C@H](C)Nc1nc(C)c(-c2nc3c(C)nccc3s2)c(N[C@@H]2C[C@H](CO)[C@@H](O)[C@H]2O)n1. The number of ether oxygens (including phenoxy) is 1. The van der Waals surface area contributed by atoms with Gasteiger partial charge in [0, 0.05) is 18.7 Å². The van der Waals surface area contributed by atoms with Crippen LogP contribution in [-0.4, -0.2) is 66.5 Å². The third kappa shape index (κ3) is 6.11. The summed E-state index contributed by atoms with van der Waals surface area (Å²) < 4.78 is 42.9. The number of hydrogen-bond donors (Lipinski definition) is 5. The van der Waals surface area contributed by atoms with Crippen molar-refractivity contribution in [3.8, 4) is 16.3 Å². The summed E-state index contributed by atoms with van der Waals surface area (Å²) in [7, 11) is 0. The van der Waals surface area contributed by atoms with Gasteiger partial charge in [0.05, 0.1) is 39.8 Å². The molecule has 3 aromatic heterocycles. The molecule has 5 N–H and O–H groups in total. The lowest BCUT2D eigenvalue weighted by Gasteiger charge is -2.22. The minimum atomic E-state index is -4.78. The van der Waals surface area contributed by atoms with E-state index in [-0.39, 0.29) is 18.3 Å². The second-order valence-corrected chi connectivity index (χ2v) is 11.5. The normalized spacial score (nSPS) is 21.5. The number of benzene rings is 1. The Balaban J connectivity index is 1.50. The molecule has 5 rings (SSSR count). The molecule has 0 amide bonds. The number of thiazole rings is 1. The molecule has 0 aliphatic heterocycles. The van der Waals surface area contributed by atoms with E-state index >= 15 is 0 Å². The van der Waals surface area contributed by atoms with Crippen molar-refractivity contribution in [2.24, 2.45) is 5.92 Å². The van der Waals surface area contributed by atoms with Crippen LogP contribution in [0.3, 0.4) is 0 Å². The van der Waals surface area contributed by atoms with Crippen LogP contribution in [0.25, 0.3) is 20.8 Å². The summed E-state index contributed by atoms with van der Waals surface area (Å²) >= 11 is 1.45. The fraction of sp³-hybridized carbons (Fsp3) is 0.429. The molecular formula is C28H31F3N6O4S. The highest BCUT2D eigenvalue weighted by Crippen LogP contribution is 2.39. The highest BCUT2D eigenvalue weighted by molar-refractivity contribution is 7.21. The van der Waals surface area contributed by atoms with Gasteiger partial charge < -0.3 is 30.7 Å². The molecule has 1 saturated carbocycles. The van der Waals surface area contributed by atoms with Gasteiger partial charge in [-0.25, -0.2) is 9.97 Å². The van der Waals surface area contributed by atoms with Crippen molar-refractivity contribution in [1.82, 2.24) is 19.9 Å². The van der Waals surface area contributed by atoms with Crippen LogP contribution in [-0.2, 0) is 0 Å². The minimum Gasteiger partial charge on any atom is -0.406 e. The molecule has 0 unspecified atom stereocenters. The summed E-state index contributed by atoms with van der Waals surface area (Å²) in [6.45, 7) is 6.93. The van der Waals surface area contributed by atoms with E-state index in [0.29, 0.717) is 34.1 Å². The van der Waals surface area contributed by atoms with Crippen molar-refractivity contribution >= 4 is 33.3 Å². The van der Waals surface area contributed by atoms with Crippen LogP contribution in [0.4, 0.5) is 24.9 Å². The highest BCUT2D eigenvalue weighted by atomic mass is 32.1. The Kier molecular flexibility index (Phi) is 8.25. The summed E-state index contributed by atoms with van der Waals surface area (Å²) in [4.78, 5) is 18.5. The number of fused-ring (bicyclic) bond motifs is 1. The molecule has 224 valence electrons. The van der Waals surface area contributed by atoms with E-state index in [2.05, 4.69) is 25.3 Å². The number of aromatic nitrogens is 4. The highest BCUT2D eigenvalue weighted by Gasteiger charge is 2.41. The van der Waals surface area contributed by atoms with Crippen LogP contribution in [0.1, 0.15) is 41.9 Å². The van der Waals surface area contributed by atoms with Crippen LogP contribution in [0.5, 0.6) is 5.75 Å². The lowest BCUT2D eigenvalue weighted by Crippen LogP contribution is -2.35. The maximum Gasteiger partial charge on any atom is 0.573 e. The number of rotatable bonds is 8. The topological polar surface area (TPSA) is 146 Å². The van der Waals surface area contributed by atoms with Crippen molar-refractivity contribution in [3.05, 3.63) is 53.0 Å². The van der Waals surface area contributed by atoms with Crippen LogP contribution < -0.4 is 15.4 Å². The number of hydrogen-bond acceptors (Lipinski definition) is 11. The molecule has 10 nitrogen and oxygen atoms in total. The Morgan fingerprint density at radius 3 is 2.48 bits per heavy atom. The maximum absolute atomic E-state index is 12.7. The fourth-order valence-electron chi connectivity index (χ4n) is 5.31. The molecule has 1 aliphatic rings. The predicted octanol–water partition coefficient (Wildman–Crippen LogP) is 4.66. The van der Waals surface area contributed by atoms with E-state index in [9.17, 15) is 28.5 Å². The zero-order valence-corrected chi connectivity index (χ0v) is 24.1. The first-order valence-electron chi connectivity index (χ1n) is 13.3.